The first-order chi connectivity index (χ1) is 14.6. The maximum atomic E-state index is 10.1. The summed E-state index contributed by atoms with van der Waals surface area (Å²) in [4.78, 5) is 4.85. The summed E-state index contributed by atoms with van der Waals surface area (Å²) in [6.07, 6.45) is 0. The van der Waals surface area contributed by atoms with E-state index in [-0.39, 0.29) is 5.75 Å². The Bertz CT molecular complexity index is 809. The highest BCUT2D eigenvalue weighted by atomic mass is 16.5. The third-order valence-electron chi connectivity index (χ3n) is 5.34. The summed E-state index contributed by atoms with van der Waals surface area (Å²) >= 11 is 0. The Morgan fingerprint density at radius 1 is 0.733 bits per heavy atom. The number of hydrogen-bond acceptors (Lipinski definition) is 7. The van der Waals surface area contributed by atoms with Crippen molar-refractivity contribution in [2.45, 2.75) is 20.0 Å². The van der Waals surface area contributed by atoms with E-state index in [0.29, 0.717) is 18.1 Å². The van der Waals surface area contributed by atoms with E-state index in [0.717, 1.165) is 56.3 Å². The van der Waals surface area contributed by atoms with Gasteiger partial charge in [0.05, 0.1) is 27.9 Å². The van der Waals surface area contributed by atoms with Crippen LogP contribution in [0.5, 0.6) is 28.7 Å². The number of rotatable bonds is 9. The van der Waals surface area contributed by atoms with Crippen molar-refractivity contribution < 1.29 is 24.1 Å². The zero-order chi connectivity index (χ0) is 21.5. The van der Waals surface area contributed by atoms with Gasteiger partial charge in [0.2, 0.25) is 5.75 Å². The van der Waals surface area contributed by atoms with E-state index in [4.69, 9.17) is 18.9 Å². The van der Waals surface area contributed by atoms with E-state index < -0.39 is 0 Å². The van der Waals surface area contributed by atoms with Crippen LogP contribution in [0.4, 0.5) is 0 Å². The number of phenols is 1. The normalized spacial score (nSPS) is 15.1. The molecule has 0 spiro atoms. The Morgan fingerprint density at radius 2 is 1.23 bits per heavy atom. The van der Waals surface area contributed by atoms with Crippen LogP contribution in [0.15, 0.2) is 30.3 Å². The molecule has 1 saturated heterocycles. The molecule has 0 aliphatic carbocycles. The number of benzene rings is 2. The first-order valence-corrected chi connectivity index (χ1v) is 10.3. The van der Waals surface area contributed by atoms with Crippen molar-refractivity contribution in [3.63, 3.8) is 0 Å². The molecule has 1 fully saturated rings. The van der Waals surface area contributed by atoms with Crippen LogP contribution in [-0.4, -0.2) is 69.0 Å². The number of piperazine rings is 1. The van der Waals surface area contributed by atoms with E-state index in [1.165, 1.54) is 5.56 Å². The van der Waals surface area contributed by atoms with Crippen molar-refractivity contribution >= 4 is 0 Å². The molecule has 164 valence electrons. The summed E-state index contributed by atoms with van der Waals surface area (Å²) in [5.74, 6) is 2.48. The fourth-order valence-corrected chi connectivity index (χ4v) is 3.75. The van der Waals surface area contributed by atoms with Crippen molar-refractivity contribution in [1.29, 1.82) is 0 Å². The molecule has 1 N–H and O–H groups in total. The van der Waals surface area contributed by atoms with E-state index >= 15 is 0 Å². The average molecular weight is 417 g/mol. The molecule has 0 radical (unpaired) electrons. The number of methoxy groups -OCH3 is 3. The van der Waals surface area contributed by atoms with Gasteiger partial charge in [0.1, 0.15) is 0 Å². The van der Waals surface area contributed by atoms with Gasteiger partial charge in [-0.3, -0.25) is 9.80 Å². The second-order valence-electron chi connectivity index (χ2n) is 7.32. The quantitative estimate of drug-likeness (QED) is 0.674. The zero-order valence-corrected chi connectivity index (χ0v) is 18.3. The number of hydrogen-bond donors (Lipinski definition) is 1. The topological polar surface area (TPSA) is 63.6 Å². The Hall–Kier alpha value is -2.64. The molecule has 7 heteroatoms. The van der Waals surface area contributed by atoms with Crippen LogP contribution in [0.3, 0.4) is 0 Å². The molecule has 1 heterocycles. The van der Waals surface area contributed by atoms with Crippen LogP contribution >= 0.6 is 0 Å². The molecular weight excluding hydrogens is 384 g/mol. The van der Waals surface area contributed by atoms with Crippen LogP contribution in [-0.2, 0) is 13.1 Å². The molecule has 2 aromatic carbocycles. The molecule has 0 unspecified atom stereocenters. The lowest BCUT2D eigenvalue weighted by Crippen LogP contribution is -2.45. The summed E-state index contributed by atoms with van der Waals surface area (Å²) in [6.45, 7) is 8.19. The van der Waals surface area contributed by atoms with Crippen LogP contribution in [0.25, 0.3) is 0 Å². The van der Waals surface area contributed by atoms with Gasteiger partial charge in [0.15, 0.2) is 23.0 Å². The molecule has 30 heavy (non-hydrogen) atoms. The van der Waals surface area contributed by atoms with Gasteiger partial charge in [0, 0.05) is 39.3 Å². The average Bonchev–Trinajstić information content (AvgIpc) is 2.76. The maximum Gasteiger partial charge on any atom is 0.200 e. The van der Waals surface area contributed by atoms with Gasteiger partial charge in [0.25, 0.3) is 0 Å². The molecule has 2 aromatic rings. The van der Waals surface area contributed by atoms with Crippen LogP contribution in [0, 0.1) is 0 Å². The minimum atomic E-state index is 0.0412. The monoisotopic (exact) mass is 416 g/mol. The largest absolute Gasteiger partial charge is 0.502 e. The highest BCUT2D eigenvalue weighted by Crippen LogP contribution is 2.37. The molecule has 3 rings (SSSR count). The van der Waals surface area contributed by atoms with Crippen molar-refractivity contribution in [3.8, 4) is 28.7 Å². The van der Waals surface area contributed by atoms with Crippen molar-refractivity contribution in [2.24, 2.45) is 0 Å². The Kier molecular flexibility index (Phi) is 7.65. The van der Waals surface area contributed by atoms with Gasteiger partial charge in [-0.15, -0.1) is 0 Å². The first kappa shape index (κ1) is 22.1. The second-order valence-corrected chi connectivity index (χ2v) is 7.32. The smallest absolute Gasteiger partial charge is 0.200 e. The van der Waals surface area contributed by atoms with Gasteiger partial charge < -0.3 is 24.1 Å². The number of aromatic hydroxyl groups is 1. The maximum absolute atomic E-state index is 10.1. The number of ether oxygens (including phenoxy) is 4. The summed E-state index contributed by atoms with van der Waals surface area (Å²) in [5.41, 5.74) is 2.28. The van der Waals surface area contributed by atoms with E-state index in [2.05, 4.69) is 21.9 Å². The van der Waals surface area contributed by atoms with Crippen molar-refractivity contribution in [1.82, 2.24) is 9.80 Å². The fraction of sp³-hybridized carbons (Fsp3) is 0.478. The third-order valence-corrected chi connectivity index (χ3v) is 5.34. The molecule has 0 saturated carbocycles. The summed E-state index contributed by atoms with van der Waals surface area (Å²) < 4.78 is 21.6. The lowest BCUT2D eigenvalue weighted by atomic mass is 10.1. The van der Waals surface area contributed by atoms with Crippen LogP contribution < -0.4 is 18.9 Å². The standard InChI is InChI=1S/C23H32N2O5/c1-5-30-20-12-17(6-7-19(20)27-2)15-24-8-10-25(11-9-24)16-18-13-21(28-3)23(26)22(14-18)29-4/h6-7,12-14,26H,5,8-11,15-16H2,1-4H3. The van der Waals surface area contributed by atoms with Crippen LogP contribution in [0.1, 0.15) is 18.1 Å². The third kappa shape index (κ3) is 5.29. The molecule has 0 aromatic heterocycles. The predicted octanol–water partition coefficient (Wildman–Crippen LogP) is 3.13. The van der Waals surface area contributed by atoms with Crippen molar-refractivity contribution in [2.75, 3.05) is 54.1 Å². The second kappa shape index (κ2) is 10.4. The Balaban J connectivity index is 1.57. The van der Waals surface area contributed by atoms with Gasteiger partial charge in [-0.2, -0.15) is 0 Å². The Morgan fingerprint density at radius 3 is 1.73 bits per heavy atom. The minimum Gasteiger partial charge on any atom is -0.502 e. The van der Waals surface area contributed by atoms with Gasteiger partial charge >= 0.3 is 0 Å². The predicted molar refractivity (Wildman–Crippen MR) is 116 cm³/mol. The van der Waals surface area contributed by atoms with Crippen LogP contribution in [0.2, 0.25) is 0 Å². The van der Waals surface area contributed by atoms with E-state index in [1.54, 1.807) is 21.3 Å². The highest BCUT2D eigenvalue weighted by Gasteiger charge is 2.19. The molecule has 7 nitrogen and oxygen atoms in total. The minimum absolute atomic E-state index is 0.0412. The number of nitrogens with zero attached hydrogens (tertiary/aromatic N) is 2. The van der Waals surface area contributed by atoms with Gasteiger partial charge in [-0.1, -0.05) is 6.07 Å². The SMILES string of the molecule is CCOc1cc(CN2CCN(Cc3cc(OC)c(O)c(OC)c3)CC2)ccc1OC. The lowest BCUT2D eigenvalue weighted by Gasteiger charge is -2.35. The summed E-state index contributed by atoms with van der Waals surface area (Å²) in [5, 5.41) is 10.1. The molecule has 1 aliphatic heterocycles. The highest BCUT2D eigenvalue weighted by molar-refractivity contribution is 5.52. The molecule has 0 bridgehead atoms. The molecule has 0 amide bonds. The lowest BCUT2D eigenvalue weighted by molar-refractivity contribution is 0.121. The molecule has 0 atom stereocenters. The van der Waals surface area contributed by atoms with E-state index in [9.17, 15) is 5.11 Å². The van der Waals surface area contributed by atoms with Crippen molar-refractivity contribution in [3.05, 3.63) is 41.5 Å². The molecule has 1 aliphatic rings. The van der Waals surface area contributed by atoms with Gasteiger partial charge in [-0.25, -0.2) is 0 Å². The molecular formula is C23H32N2O5. The Labute approximate surface area is 178 Å². The fourth-order valence-electron chi connectivity index (χ4n) is 3.75. The zero-order valence-electron chi connectivity index (χ0n) is 18.3. The summed E-state index contributed by atoms with van der Waals surface area (Å²) in [7, 11) is 4.76. The van der Waals surface area contributed by atoms with Gasteiger partial charge in [-0.05, 0) is 42.3 Å². The summed E-state index contributed by atoms with van der Waals surface area (Å²) in [6, 6.07) is 9.89. The number of phenolic OH excluding ortho intramolecular Hbond substituents is 1. The van der Waals surface area contributed by atoms with E-state index in [1.807, 2.05) is 25.1 Å². The first-order valence-electron chi connectivity index (χ1n) is 10.3.